The van der Waals surface area contributed by atoms with Gasteiger partial charge in [-0.25, -0.2) is 0 Å². The number of carbonyl (C=O) groups excluding carboxylic acids is 1. The predicted molar refractivity (Wildman–Crippen MR) is 98.7 cm³/mol. The van der Waals surface area contributed by atoms with E-state index in [-0.39, 0.29) is 12.0 Å². The summed E-state index contributed by atoms with van der Waals surface area (Å²) in [6.45, 7) is 8.41. The average molecular weight is 332 g/mol. The van der Waals surface area contributed by atoms with Gasteiger partial charge in [0.2, 0.25) is 0 Å². The van der Waals surface area contributed by atoms with Crippen molar-refractivity contribution in [1.29, 1.82) is 0 Å². The average Bonchev–Trinajstić information content (AvgIpc) is 2.58. The number of benzene rings is 1. The number of amides is 1. The van der Waals surface area contributed by atoms with E-state index in [0.717, 1.165) is 13.0 Å². The fraction of sp³-hybridized carbons (Fsp3) is 0.650. The standard InChI is InChI=1S/C20H32N2O2/c1-17(2)24-19-12-6-5-11-18(19)20(23)21-13-7-3-8-14-22-15-9-4-10-16-22/h5-6,11-12,17H,3-4,7-10,13-16H2,1-2H3,(H,21,23). The van der Waals surface area contributed by atoms with Gasteiger partial charge in [-0.2, -0.15) is 0 Å². The van der Waals surface area contributed by atoms with Crippen molar-refractivity contribution in [2.45, 2.75) is 58.5 Å². The van der Waals surface area contributed by atoms with Gasteiger partial charge in [-0.15, -0.1) is 0 Å². The Morgan fingerprint density at radius 2 is 1.88 bits per heavy atom. The number of hydrogen-bond donors (Lipinski definition) is 1. The molecule has 1 aliphatic rings. The minimum atomic E-state index is -0.0396. The summed E-state index contributed by atoms with van der Waals surface area (Å²) in [5.74, 6) is 0.623. The van der Waals surface area contributed by atoms with Crippen LogP contribution in [-0.2, 0) is 0 Å². The zero-order valence-corrected chi connectivity index (χ0v) is 15.2. The van der Waals surface area contributed by atoms with E-state index in [2.05, 4.69) is 10.2 Å². The summed E-state index contributed by atoms with van der Waals surface area (Å²) in [6.07, 6.45) is 7.59. The Bertz CT molecular complexity index is 496. The normalized spacial score (nSPS) is 15.5. The van der Waals surface area contributed by atoms with Gasteiger partial charge in [-0.1, -0.05) is 25.0 Å². The van der Waals surface area contributed by atoms with E-state index in [9.17, 15) is 4.79 Å². The van der Waals surface area contributed by atoms with E-state index in [0.29, 0.717) is 11.3 Å². The summed E-state index contributed by atoms with van der Waals surface area (Å²) >= 11 is 0. The quantitative estimate of drug-likeness (QED) is 0.698. The highest BCUT2D eigenvalue weighted by Gasteiger charge is 2.12. The van der Waals surface area contributed by atoms with Crippen LogP contribution in [0.4, 0.5) is 0 Å². The molecule has 0 atom stereocenters. The minimum Gasteiger partial charge on any atom is -0.490 e. The van der Waals surface area contributed by atoms with Crippen LogP contribution in [0.5, 0.6) is 5.75 Å². The molecule has 1 fully saturated rings. The molecule has 0 bridgehead atoms. The molecule has 0 aromatic heterocycles. The SMILES string of the molecule is CC(C)Oc1ccccc1C(=O)NCCCCCN1CCCCC1. The lowest BCUT2D eigenvalue weighted by Crippen LogP contribution is -2.30. The van der Waals surface area contributed by atoms with Crippen LogP contribution in [0.3, 0.4) is 0 Å². The third-order valence-corrected chi connectivity index (χ3v) is 4.38. The summed E-state index contributed by atoms with van der Waals surface area (Å²) in [5.41, 5.74) is 0.625. The Morgan fingerprint density at radius 1 is 1.12 bits per heavy atom. The van der Waals surface area contributed by atoms with E-state index >= 15 is 0 Å². The van der Waals surface area contributed by atoms with Gasteiger partial charge < -0.3 is 15.0 Å². The molecule has 1 aromatic rings. The zero-order chi connectivity index (χ0) is 17.2. The van der Waals surface area contributed by atoms with Gasteiger partial charge in [0.1, 0.15) is 5.75 Å². The van der Waals surface area contributed by atoms with E-state index < -0.39 is 0 Å². The Kier molecular flexibility index (Phi) is 8.10. The van der Waals surface area contributed by atoms with Gasteiger partial charge >= 0.3 is 0 Å². The van der Waals surface area contributed by atoms with Gasteiger partial charge in [0.15, 0.2) is 0 Å². The third-order valence-electron chi connectivity index (χ3n) is 4.38. The van der Waals surface area contributed by atoms with Crippen molar-refractivity contribution in [2.75, 3.05) is 26.2 Å². The zero-order valence-electron chi connectivity index (χ0n) is 15.2. The first kappa shape index (κ1) is 18.8. The second-order valence-corrected chi connectivity index (χ2v) is 6.88. The monoisotopic (exact) mass is 332 g/mol. The van der Waals surface area contributed by atoms with Crippen LogP contribution in [0, 0.1) is 0 Å². The van der Waals surface area contributed by atoms with Crippen LogP contribution in [0.1, 0.15) is 62.7 Å². The molecule has 1 aliphatic heterocycles. The largest absolute Gasteiger partial charge is 0.490 e. The summed E-state index contributed by atoms with van der Waals surface area (Å²) < 4.78 is 5.71. The highest BCUT2D eigenvalue weighted by atomic mass is 16.5. The maximum Gasteiger partial charge on any atom is 0.255 e. The van der Waals surface area contributed by atoms with Crippen molar-refractivity contribution in [3.05, 3.63) is 29.8 Å². The molecular formula is C20H32N2O2. The fourth-order valence-corrected chi connectivity index (χ4v) is 3.13. The van der Waals surface area contributed by atoms with Crippen LogP contribution in [-0.4, -0.2) is 43.1 Å². The number of ether oxygens (including phenoxy) is 1. The van der Waals surface area contributed by atoms with Crippen LogP contribution in [0.2, 0.25) is 0 Å². The second-order valence-electron chi connectivity index (χ2n) is 6.88. The Hall–Kier alpha value is -1.55. The van der Waals surface area contributed by atoms with Crippen molar-refractivity contribution in [1.82, 2.24) is 10.2 Å². The summed E-state index contributed by atoms with van der Waals surface area (Å²) in [4.78, 5) is 14.9. The lowest BCUT2D eigenvalue weighted by atomic mass is 10.1. The Labute approximate surface area is 146 Å². The molecule has 0 spiro atoms. The van der Waals surface area contributed by atoms with E-state index in [1.165, 1.54) is 51.7 Å². The molecule has 0 saturated carbocycles. The fourth-order valence-electron chi connectivity index (χ4n) is 3.13. The second kappa shape index (κ2) is 10.3. The third kappa shape index (κ3) is 6.52. The van der Waals surface area contributed by atoms with Crippen molar-refractivity contribution in [3.63, 3.8) is 0 Å². The summed E-state index contributed by atoms with van der Waals surface area (Å²) in [7, 11) is 0. The van der Waals surface area contributed by atoms with Gasteiger partial charge in [-0.05, 0) is 71.3 Å². The molecule has 0 unspecified atom stereocenters. The number of nitrogens with one attached hydrogen (secondary N) is 1. The molecule has 1 saturated heterocycles. The molecule has 134 valence electrons. The first-order valence-corrected chi connectivity index (χ1v) is 9.43. The molecular weight excluding hydrogens is 300 g/mol. The highest BCUT2D eigenvalue weighted by molar-refractivity contribution is 5.96. The number of piperidine rings is 1. The van der Waals surface area contributed by atoms with Crippen LogP contribution in [0.25, 0.3) is 0 Å². The Balaban J connectivity index is 1.64. The number of unbranched alkanes of at least 4 members (excludes halogenated alkanes) is 2. The molecule has 1 aromatic carbocycles. The summed E-state index contributed by atoms with van der Waals surface area (Å²) in [5, 5.41) is 3.02. The maximum absolute atomic E-state index is 12.3. The first-order valence-electron chi connectivity index (χ1n) is 9.43. The van der Waals surface area contributed by atoms with Crippen molar-refractivity contribution in [3.8, 4) is 5.75 Å². The van der Waals surface area contributed by atoms with Crippen LogP contribution < -0.4 is 10.1 Å². The van der Waals surface area contributed by atoms with Gasteiger partial charge in [0.25, 0.3) is 5.91 Å². The van der Waals surface area contributed by atoms with E-state index in [4.69, 9.17) is 4.74 Å². The number of nitrogens with zero attached hydrogens (tertiary/aromatic N) is 1. The maximum atomic E-state index is 12.3. The number of rotatable bonds is 9. The molecule has 0 radical (unpaired) electrons. The molecule has 24 heavy (non-hydrogen) atoms. The van der Waals surface area contributed by atoms with Crippen molar-refractivity contribution < 1.29 is 9.53 Å². The van der Waals surface area contributed by atoms with Gasteiger partial charge in [0.05, 0.1) is 11.7 Å². The predicted octanol–water partition coefficient (Wildman–Crippen LogP) is 3.86. The van der Waals surface area contributed by atoms with E-state index in [1.807, 2.05) is 38.1 Å². The topological polar surface area (TPSA) is 41.6 Å². The number of para-hydroxylation sites is 1. The lowest BCUT2D eigenvalue weighted by Gasteiger charge is -2.26. The smallest absolute Gasteiger partial charge is 0.255 e. The summed E-state index contributed by atoms with van der Waals surface area (Å²) in [6, 6.07) is 7.45. The molecule has 4 nitrogen and oxygen atoms in total. The van der Waals surface area contributed by atoms with E-state index in [1.54, 1.807) is 0 Å². The number of carbonyl (C=O) groups is 1. The van der Waals surface area contributed by atoms with Crippen LogP contribution in [0.15, 0.2) is 24.3 Å². The molecule has 2 rings (SSSR count). The molecule has 1 heterocycles. The van der Waals surface area contributed by atoms with Gasteiger partial charge in [0, 0.05) is 6.54 Å². The number of likely N-dealkylation sites (tertiary alicyclic amines) is 1. The molecule has 1 amide bonds. The van der Waals surface area contributed by atoms with Crippen LogP contribution >= 0.6 is 0 Å². The molecule has 1 N–H and O–H groups in total. The highest BCUT2D eigenvalue weighted by Crippen LogP contribution is 2.19. The first-order chi connectivity index (χ1) is 11.7. The van der Waals surface area contributed by atoms with Gasteiger partial charge in [-0.3, -0.25) is 4.79 Å². The Morgan fingerprint density at radius 3 is 2.62 bits per heavy atom. The van der Waals surface area contributed by atoms with Crippen molar-refractivity contribution in [2.24, 2.45) is 0 Å². The lowest BCUT2D eigenvalue weighted by molar-refractivity contribution is 0.0947. The molecule has 0 aliphatic carbocycles. The molecule has 4 heteroatoms. The number of hydrogen-bond acceptors (Lipinski definition) is 3. The van der Waals surface area contributed by atoms with Crippen molar-refractivity contribution >= 4 is 5.91 Å². The minimum absolute atomic E-state index is 0.0396.